The Morgan fingerprint density at radius 3 is 2.67 bits per heavy atom. The van der Waals surface area contributed by atoms with Crippen LogP contribution in [0.5, 0.6) is 0 Å². The summed E-state index contributed by atoms with van der Waals surface area (Å²) >= 11 is 0. The molecule has 0 aromatic heterocycles. The van der Waals surface area contributed by atoms with Gasteiger partial charge in [-0.1, -0.05) is 36.9 Å². The fraction of sp³-hybridized carbons (Fsp3) is 0.200. The third-order valence-electron chi connectivity index (χ3n) is 2.42. The maximum absolute atomic E-state index is 3.91. The minimum Gasteiger partial charge on any atom is -0.341 e. The number of anilines is 1. The summed E-state index contributed by atoms with van der Waals surface area (Å²) in [6, 6.07) is 6.15. The Kier molecular flexibility index (Phi) is 5.58. The van der Waals surface area contributed by atoms with Crippen LogP contribution >= 0.6 is 0 Å². The number of aryl methyl sites for hydroxylation is 1. The molecular formula is C15H21N3. The van der Waals surface area contributed by atoms with E-state index in [1.54, 1.807) is 6.20 Å². The monoisotopic (exact) mass is 243 g/mol. The van der Waals surface area contributed by atoms with Gasteiger partial charge in [0.25, 0.3) is 0 Å². The molecule has 1 rings (SSSR count). The standard InChI is InChI=1S/C15H21N3/c1-5-8-14-12(3)9-7-10-15(14)17-13(4)18-16-11-6-2/h5-11,16-18H,4H2,1-3H3/b8-5-,11-6-. The number of benzene rings is 1. The molecule has 1 aromatic carbocycles. The molecule has 0 aliphatic heterocycles. The Morgan fingerprint density at radius 1 is 1.22 bits per heavy atom. The first-order chi connectivity index (χ1) is 8.69. The molecule has 3 N–H and O–H groups in total. The molecule has 0 radical (unpaired) electrons. The zero-order chi connectivity index (χ0) is 13.4. The zero-order valence-corrected chi connectivity index (χ0v) is 11.2. The minimum atomic E-state index is 0.699. The quantitative estimate of drug-likeness (QED) is 0.669. The molecule has 0 aliphatic carbocycles. The van der Waals surface area contributed by atoms with E-state index in [9.17, 15) is 0 Å². The van der Waals surface area contributed by atoms with Crippen LogP contribution in [0.3, 0.4) is 0 Å². The molecule has 3 nitrogen and oxygen atoms in total. The largest absolute Gasteiger partial charge is 0.341 e. The lowest BCUT2D eigenvalue weighted by atomic mass is 10.1. The van der Waals surface area contributed by atoms with Crippen molar-refractivity contribution in [2.24, 2.45) is 0 Å². The summed E-state index contributed by atoms with van der Waals surface area (Å²) < 4.78 is 0. The number of nitrogens with one attached hydrogen (secondary N) is 3. The molecule has 96 valence electrons. The topological polar surface area (TPSA) is 36.1 Å². The van der Waals surface area contributed by atoms with Gasteiger partial charge in [-0.15, -0.1) is 0 Å². The fourth-order valence-electron chi connectivity index (χ4n) is 1.58. The molecule has 0 fully saturated rings. The summed E-state index contributed by atoms with van der Waals surface area (Å²) in [4.78, 5) is 0. The highest BCUT2D eigenvalue weighted by atomic mass is 15.4. The van der Waals surface area contributed by atoms with Crippen LogP contribution in [-0.4, -0.2) is 0 Å². The first kappa shape index (κ1) is 13.9. The molecule has 0 spiro atoms. The average molecular weight is 243 g/mol. The summed E-state index contributed by atoms with van der Waals surface area (Å²) in [5.41, 5.74) is 9.30. The maximum Gasteiger partial charge on any atom is 0.114 e. The van der Waals surface area contributed by atoms with E-state index in [2.05, 4.69) is 41.8 Å². The van der Waals surface area contributed by atoms with Gasteiger partial charge >= 0.3 is 0 Å². The van der Waals surface area contributed by atoms with E-state index in [4.69, 9.17) is 0 Å². The van der Waals surface area contributed by atoms with Crippen molar-refractivity contribution in [3.05, 3.63) is 60.1 Å². The van der Waals surface area contributed by atoms with E-state index in [0.29, 0.717) is 5.82 Å². The maximum atomic E-state index is 3.91. The van der Waals surface area contributed by atoms with Crippen LogP contribution in [0, 0.1) is 6.92 Å². The van der Waals surface area contributed by atoms with Crippen molar-refractivity contribution in [1.29, 1.82) is 0 Å². The second kappa shape index (κ2) is 7.22. The molecule has 18 heavy (non-hydrogen) atoms. The predicted octanol–water partition coefficient (Wildman–Crippen LogP) is 3.54. The van der Waals surface area contributed by atoms with Gasteiger partial charge < -0.3 is 10.7 Å². The van der Waals surface area contributed by atoms with E-state index in [1.807, 2.05) is 38.1 Å². The van der Waals surface area contributed by atoms with Crippen LogP contribution in [0.1, 0.15) is 25.0 Å². The molecule has 0 amide bonds. The van der Waals surface area contributed by atoms with E-state index < -0.39 is 0 Å². The highest BCUT2D eigenvalue weighted by molar-refractivity contribution is 5.70. The molecule has 1 aromatic rings. The van der Waals surface area contributed by atoms with Crippen molar-refractivity contribution in [3.63, 3.8) is 0 Å². The number of hydrazine groups is 1. The van der Waals surface area contributed by atoms with Crippen LogP contribution in [-0.2, 0) is 0 Å². The van der Waals surface area contributed by atoms with Crippen molar-refractivity contribution < 1.29 is 0 Å². The molecule has 0 bridgehead atoms. The molecule has 0 aliphatic rings. The Morgan fingerprint density at radius 2 is 2.00 bits per heavy atom. The second-order valence-electron chi connectivity index (χ2n) is 3.91. The molecule has 0 atom stereocenters. The van der Waals surface area contributed by atoms with E-state index in [-0.39, 0.29) is 0 Å². The van der Waals surface area contributed by atoms with Gasteiger partial charge in [0, 0.05) is 17.5 Å². The zero-order valence-electron chi connectivity index (χ0n) is 11.2. The molecule has 0 unspecified atom stereocenters. The van der Waals surface area contributed by atoms with Crippen LogP contribution in [0.4, 0.5) is 5.69 Å². The van der Waals surface area contributed by atoms with Gasteiger partial charge in [0.1, 0.15) is 5.82 Å². The summed E-state index contributed by atoms with van der Waals surface area (Å²) in [5.74, 6) is 0.699. The third kappa shape index (κ3) is 4.01. The predicted molar refractivity (Wildman–Crippen MR) is 79.7 cm³/mol. The highest BCUT2D eigenvalue weighted by Gasteiger charge is 2.02. The number of allylic oxidation sites excluding steroid dienone is 2. The Labute approximate surface area is 109 Å². The van der Waals surface area contributed by atoms with E-state index in [0.717, 1.165) is 5.69 Å². The minimum absolute atomic E-state index is 0.699. The molecule has 0 saturated heterocycles. The van der Waals surface area contributed by atoms with Gasteiger partial charge in [0.15, 0.2) is 0 Å². The summed E-state index contributed by atoms with van der Waals surface area (Å²) in [7, 11) is 0. The molecular weight excluding hydrogens is 222 g/mol. The summed E-state index contributed by atoms with van der Waals surface area (Å²) in [6.07, 6.45) is 7.82. The van der Waals surface area contributed by atoms with Gasteiger partial charge in [-0.2, -0.15) is 0 Å². The van der Waals surface area contributed by atoms with Gasteiger partial charge in [-0.3, -0.25) is 5.43 Å². The summed E-state index contributed by atoms with van der Waals surface area (Å²) in [6.45, 7) is 9.95. The van der Waals surface area contributed by atoms with Crippen molar-refractivity contribution in [2.45, 2.75) is 20.8 Å². The van der Waals surface area contributed by atoms with Crippen molar-refractivity contribution in [2.75, 3.05) is 5.32 Å². The van der Waals surface area contributed by atoms with Gasteiger partial charge in [0.2, 0.25) is 0 Å². The normalized spacial score (nSPS) is 10.8. The lowest BCUT2D eigenvalue weighted by molar-refractivity contribution is 0.735. The Balaban J connectivity index is 2.77. The molecule has 3 heteroatoms. The van der Waals surface area contributed by atoms with Gasteiger partial charge in [0.05, 0.1) is 0 Å². The van der Waals surface area contributed by atoms with E-state index in [1.165, 1.54) is 11.1 Å². The van der Waals surface area contributed by atoms with Crippen LogP contribution in [0.2, 0.25) is 0 Å². The lowest BCUT2D eigenvalue weighted by Gasteiger charge is -2.15. The Hall–Kier alpha value is -2.16. The van der Waals surface area contributed by atoms with Crippen molar-refractivity contribution >= 4 is 11.8 Å². The van der Waals surface area contributed by atoms with Crippen LogP contribution < -0.4 is 16.2 Å². The smallest absolute Gasteiger partial charge is 0.114 e. The lowest BCUT2D eigenvalue weighted by Crippen LogP contribution is -2.29. The number of hydrogen-bond donors (Lipinski definition) is 3. The second-order valence-corrected chi connectivity index (χ2v) is 3.91. The number of rotatable bonds is 6. The Bertz CT molecular complexity index is 459. The van der Waals surface area contributed by atoms with Crippen molar-refractivity contribution in [3.8, 4) is 0 Å². The van der Waals surface area contributed by atoms with Crippen LogP contribution in [0.25, 0.3) is 6.08 Å². The summed E-state index contributed by atoms with van der Waals surface area (Å²) in [5, 5.41) is 3.24. The van der Waals surface area contributed by atoms with E-state index >= 15 is 0 Å². The van der Waals surface area contributed by atoms with Crippen molar-refractivity contribution in [1.82, 2.24) is 10.9 Å². The SMILES string of the molecule is C=C(NN/C=C\C)Nc1cccc(C)c1/C=C\C. The first-order valence-corrected chi connectivity index (χ1v) is 6.00. The number of hydrogen-bond acceptors (Lipinski definition) is 3. The first-order valence-electron chi connectivity index (χ1n) is 6.00. The van der Waals surface area contributed by atoms with Crippen LogP contribution in [0.15, 0.2) is 49.0 Å². The molecule has 0 saturated carbocycles. The van der Waals surface area contributed by atoms with Gasteiger partial charge in [-0.25, -0.2) is 0 Å². The highest BCUT2D eigenvalue weighted by Crippen LogP contribution is 2.21. The third-order valence-corrected chi connectivity index (χ3v) is 2.42. The fourth-order valence-corrected chi connectivity index (χ4v) is 1.58. The average Bonchev–Trinajstić information content (AvgIpc) is 2.34. The van der Waals surface area contributed by atoms with Gasteiger partial charge in [-0.05, 0) is 32.4 Å². The molecule has 0 heterocycles.